The van der Waals surface area contributed by atoms with Gasteiger partial charge < -0.3 is 19.7 Å². The van der Waals surface area contributed by atoms with Crippen LogP contribution in [0.25, 0.3) is 0 Å². The fourth-order valence-electron chi connectivity index (χ4n) is 2.40. The summed E-state index contributed by atoms with van der Waals surface area (Å²) in [5.41, 5.74) is 0. The number of hydrogen-bond donors (Lipinski definition) is 1. The Balaban J connectivity index is 0.00000361. The van der Waals surface area contributed by atoms with Crippen molar-refractivity contribution in [1.29, 1.82) is 0 Å². The average molecular weight is 309 g/mol. The Bertz CT molecular complexity index is 259. The molecule has 1 N–H and O–H groups in total. The molecule has 1 aliphatic heterocycles. The number of carbonyl (C=O) groups excluding carboxylic acids is 1. The molecule has 5 nitrogen and oxygen atoms in total. The summed E-state index contributed by atoms with van der Waals surface area (Å²) >= 11 is 0. The monoisotopic (exact) mass is 308 g/mol. The largest absolute Gasteiger partial charge is 0.379 e. The third-order valence-corrected chi connectivity index (χ3v) is 3.57. The molecule has 6 heteroatoms. The van der Waals surface area contributed by atoms with E-state index in [1.807, 2.05) is 25.8 Å². The Labute approximate surface area is 128 Å². The van der Waals surface area contributed by atoms with Gasteiger partial charge in [-0.3, -0.25) is 4.79 Å². The van der Waals surface area contributed by atoms with Gasteiger partial charge in [-0.05, 0) is 46.2 Å². The van der Waals surface area contributed by atoms with Gasteiger partial charge in [0.25, 0.3) is 5.91 Å². The second kappa shape index (κ2) is 11.3. The predicted molar refractivity (Wildman–Crippen MR) is 82.4 cm³/mol. The minimum atomic E-state index is -0.360. The van der Waals surface area contributed by atoms with E-state index in [9.17, 15) is 4.79 Å². The Kier molecular flexibility index (Phi) is 11.1. The molecule has 1 amide bonds. The first-order chi connectivity index (χ1) is 9.19. The summed E-state index contributed by atoms with van der Waals surface area (Å²) in [6.45, 7) is 8.25. The third kappa shape index (κ3) is 6.88. The molecule has 1 unspecified atom stereocenters. The van der Waals surface area contributed by atoms with E-state index in [1.165, 1.54) is 0 Å². The van der Waals surface area contributed by atoms with Crippen LogP contribution in [0.3, 0.4) is 0 Å². The van der Waals surface area contributed by atoms with Crippen molar-refractivity contribution in [1.82, 2.24) is 10.2 Å². The van der Waals surface area contributed by atoms with Gasteiger partial charge in [0, 0.05) is 19.7 Å². The number of likely N-dealkylation sites (tertiary alicyclic amines) is 1. The van der Waals surface area contributed by atoms with Crippen LogP contribution in [0.5, 0.6) is 0 Å². The van der Waals surface area contributed by atoms with Crippen LogP contribution in [-0.4, -0.2) is 63.4 Å². The normalized spacial score (nSPS) is 17.6. The van der Waals surface area contributed by atoms with Crippen LogP contribution < -0.4 is 5.32 Å². The summed E-state index contributed by atoms with van der Waals surface area (Å²) in [6.07, 6.45) is 1.80. The second-order valence-corrected chi connectivity index (χ2v) is 5.04. The molecule has 1 rings (SSSR count). The zero-order valence-corrected chi connectivity index (χ0v) is 13.7. The van der Waals surface area contributed by atoms with Crippen LogP contribution in [0.2, 0.25) is 0 Å². The fraction of sp³-hybridized carbons (Fsp3) is 0.929. The van der Waals surface area contributed by atoms with E-state index in [2.05, 4.69) is 5.32 Å². The number of nitrogens with one attached hydrogen (secondary N) is 1. The maximum absolute atomic E-state index is 12.2. The van der Waals surface area contributed by atoms with Gasteiger partial charge in [-0.2, -0.15) is 0 Å². The van der Waals surface area contributed by atoms with Crippen LogP contribution in [0.1, 0.15) is 26.7 Å². The number of carbonyl (C=O) groups is 1. The number of halogens is 1. The first-order valence-electron chi connectivity index (χ1n) is 7.31. The summed E-state index contributed by atoms with van der Waals surface area (Å²) in [5.74, 6) is 0.808. The molecule has 0 bridgehead atoms. The molecule has 0 spiro atoms. The van der Waals surface area contributed by atoms with Crippen LogP contribution in [0.4, 0.5) is 0 Å². The SMILES string of the molecule is CCOCCOC(C)C(=O)N1CCC(CNC)CC1.Cl. The molecule has 1 fully saturated rings. The Morgan fingerprint density at radius 2 is 2.00 bits per heavy atom. The third-order valence-electron chi connectivity index (χ3n) is 3.57. The molecule has 1 heterocycles. The number of nitrogens with zero attached hydrogens (tertiary/aromatic N) is 1. The molecule has 0 aromatic heterocycles. The van der Waals surface area contributed by atoms with E-state index in [1.54, 1.807) is 0 Å². The molecule has 0 aromatic rings. The highest BCUT2D eigenvalue weighted by molar-refractivity contribution is 5.85. The van der Waals surface area contributed by atoms with Crippen molar-refractivity contribution in [3.05, 3.63) is 0 Å². The predicted octanol–water partition coefficient (Wildman–Crippen LogP) is 1.31. The molecule has 0 aromatic carbocycles. The lowest BCUT2D eigenvalue weighted by atomic mass is 9.96. The summed E-state index contributed by atoms with van der Waals surface area (Å²) in [7, 11) is 1.98. The summed E-state index contributed by atoms with van der Waals surface area (Å²) in [5, 5.41) is 3.20. The van der Waals surface area contributed by atoms with Crippen molar-refractivity contribution in [3.63, 3.8) is 0 Å². The van der Waals surface area contributed by atoms with Crippen LogP contribution >= 0.6 is 12.4 Å². The van der Waals surface area contributed by atoms with E-state index < -0.39 is 0 Å². The van der Waals surface area contributed by atoms with Gasteiger partial charge in [0.2, 0.25) is 0 Å². The number of ether oxygens (including phenoxy) is 2. The van der Waals surface area contributed by atoms with E-state index >= 15 is 0 Å². The molecule has 0 aliphatic carbocycles. The second-order valence-electron chi connectivity index (χ2n) is 5.04. The lowest BCUT2D eigenvalue weighted by Gasteiger charge is -2.33. The van der Waals surface area contributed by atoms with Crippen molar-refractivity contribution >= 4 is 18.3 Å². The number of piperidine rings is 1. The smallest absolute Gasteiger partial charge is 0.251 e. The van der Waals surface area contributed by atoms with E-state index in [0.717, 1.165) is 32.5 Å². The maximum atomic E-state index is 12.2. The number of rotatable bonds is 8. The topological polar surface area (TPSA) is 50.8 Å². The quantitative estimate of drug-likeness (QED) is 0.687. The lowest BCUT2D eigenvalue weighted by Crippen LogP contribution is -2.45. The minimum absolute atomic E-state index is 0. The average Bonchev–Trinajstić information content (AvgIpc) is 2.44. The molecule has 1 saturated heterocycles. The van der Waals surface area contributed by atoms with Gasteiger partial charge in [0.15, 0.2) is 0 Å². The zero-order valence-electron chi connectivity index (χ0n) is 12.9. The minimum Gasteiger partial charge on any atom is -0.379 e. The van der Waals surface area contributed by atoms with Crippen LogP contribution in [0.15, 0.2) is 0 Å². The molecular formula is C14H29ClN2O3. The van der Waals surface area contributed by atoms with Crippen LogP contribution in [0, 0.1) is 5.92 Å². The van der Waals surface area contributed by atoms with Gasteiger partial charge in [-0.1, -0.05) is 0 Å². The molecular weight excluding hydrogens is 280 g/mol. The van der Waals surface area contributed by atoms with Crippen molar-refractivity contribution in [2.24, 2.45) is 5.92 Å². The summed E-state index contributed by atoms with van der Waals surface area (Å²) in [6, 6.07) is 0. The summed E-state index contributed by atoms with van der Waals surface area (Å²) in [4.78, 5) is 14.1. The van der Waals surface area contributed by atoms with Crippen molar-refractivity contribution in [3.8, 4) is 0 Å². The van der Waals surface area contributed by atoms with Gasteiger partial charge in [-0.15, -0.1) is 12.4 Å². The highest BCUT2D eigenvalue weighted by Crippen LogP contribution is 2.17. The maximum Gasteiger partial charge on any atom is 0.251 e. The van der Waals surface area contributed by atoms with E-state index in [-0.39, 0.29) is 24.4 Å². The fourth-order valence-corrected chi connectivity index (χ4v) is 2.40. The molecule has 120 valence electrons. The standard InChI is InChI=1S/C14H28N2O3.ClH/c1-4-18-9-10-19-12(2)14(17)16-7-5-13(6-8-16)11-15-3;/h12-13,15H,4-11H2,1-3H3;1H. The Hall–Kier alpha value is -0.360. The Morgan fingerprint density at radius 1 is 1.35 bits per heavy atom. The first kappa shape index (κ1) is 19.6. The number of amides is 1. The van der Waals surface area contributed by atoms with Crippen molar-refractivity contribution < 1.29 is 14.3 Å². The van der Waals surface area contributed by atoms with Gasteiger partial charge in [0.05, 0.1) is 13.2 Å². The molecule has 20 heavy (non-hydrogen) atoms. The van der Waals surface area contributed by atoms with E-state index in [0.29, 0.717) is 25.7 Å². The van der Waals surface area contributed by atoms with Gasteiger partial charge >= 0.3 is 0 Å². The lowest BCUT2D eigenvalue weighted by molar-refractivity contribution is -0.144. The molecule has 1 atom stereocenters. The molecule has 0 saturated carbocycles. The Morgan fingerprint density at radius 3 is 2.55 bits per heavy atom. The molecule has 0 radical (unpaired) electrons. The van der Waals surface area contributed by atoms with Gasteiger partial charge in [-0.25, -0.2) is 0 Å². The van der Waals surface area contributed by atoms with Crippen LogP contribution in [-0.2, 0) is 14.3 Å². The first-order valence-corrected chi connectivity index (χ1v) is 7.31. The van der Waals surface area contributed by atoms with Crippen molar-refractivity contribution in [2.75, 3.05) is 46.5 Å². The molecule has 1 aliphatic rings. The van der Waals surface area contributed by atoms with Crippen molar-refractivity contribution in [2.45, 2.75) is 32.8 Å². The highest BCUT2D eigenvalue weighted by atomic mass is 35.5. The van der Waals surface area contributed by atoms with E-state index in [4.69, 9.17) is 9.47 Å². The van der Waals surface area contributed by atoms with Gasteiger partial charge in [0.1, 0.15) is 6.10 Å². The summed E-state index contributed by atoms with van der Waals surface area (Å²) < 4.78 is 10.7. The number of hydrogen-bond acceptors (Lipinski definition) is 4. The zero-order chi connectivity index (χ0) is 14.1. The highest BCUT2D eigenvalue weighted by Gasteiger charge is 2.25.